The number of carboxylic acids is 1. The number of carbonyl (C=O) groups is 1. The van der Waals surface area contributed by atoms with Gasteiger partial charge in [-0.2, -0.15) is 0 Å². The maximum Gasteiger partial charge on any atom is 0.341 e. The van der Waals surface area contributed by atoms with Crippen LogP contribution < -0.4 is 9.04 Å². The van der Waals surface area contributed by atoms with Gasteiger partial charge in [-0.1, -0.05) is 25.1 Å². The molecule has 0 radical (unpaired) electrons. The molecule has 7 heteroatoms. The Bertz CT molecular complexity index is 861. The zero-order valence-corrected chi connectivity index (χ0v) is 13.9. The standard InChI is InChI=1S/C17H17NO5S/c1-12-10-18(16-5-3-2-4-15(12)16)24(21,22)14-8-6-13(7-9-14)23-11-17(19)20/h2-9,12H,10-11H2,1H3,(H,19,20)/t12-/m0/s1. The van der Waals surface area contributed by atoms with Crippen molar-refractivity contribution in [3.63, 3.8) is 0 Å². The van der Waals surface area contributed by atoms with E-state index >= 15 is 0 Å². The Morgan fingerprint density at radius 2 is 1.88 bits per heavy atom. The Balaban J connectivity index is 1.88. The third kappa shape index (κ3) is 2.94. The lowest BCUT2D eigenvalue weighted by Gasteiger charge is -2.20. The molecule has 0 saturated carbocycles. The summed E-state index contributed by atoms with van der Waals surface area (Å²) in [4.78, 5) is 10.6. The Labute approximate surface area is 140 Å². The molecule has 126 valence electrons. The van der Waals surface area contributed by atoms with Crippen molar-refractivity contribution in [2.24, 2.45) is 0 Å². The van der Waals surface area contributed by atoms with Gasteiger partial charge in [0.1, 0.15) is 5.75 Å². The zero-order chi connectivity index (χ0) is 17.3. The van der Waals surface area contributed by atoms with Crippen LogP contribution in [0.15, 0.2) is 53.4 Å². The van der Waals surface area contributed by atoms with Crippen molar-refractivity contribution in [3.8, 4) is 5.75 Å². The lowest BCUT2D eigenvalue weighted by atomic mass is 10.0. The van der Waals surface area contributed by atoms with E-state index in [4.69, 9.17) is 9.84 Å². The van der Waals surface area contributed by atoms with Gasteiger partial charge in [0.25, 0.3) is 10.0 Å². The van der Waals surface area contributed by atoms with E-state index in [1.807, 2.05) is 25.1 Å². The van der Waals surface area contributed by atoms with Crippen LogP contribution >= 0.6 is 0 Å². The van der Waals surface area contributed by atoms with Crippen molar-refractivity contribution < 1.29 is 23.1 Å². The topological polar surface area (TPSA) is 83.9 Å². The van der Waals surface area contributed by atoms with Crippen LogP contribution in [-0.2, 0) is 14.8 Å². The van der Waals surface area contributed by atoms with Crippen LogP contribution in [0.4, 0.5) is 5.69 Å². The highest BCUT2D eigenvalue weighted by Crippen LogP contribution is 2.39. The molecular weight excluding hydrogens is 330 g/mol. The van der Waals surface area contributed by atoms with Crippen molar-refractivity contribution in [1.29, 1.82) is 0 Å². The Kier molecular flexibility index (Phi) is 4.19. The first-order valence-corrected chi connectivity index (χ1v) is 8.90. The van der Waals surface area contributed by atoms with E-state index in [-0.39, 0.29) is 10.8 Å². The van der Waals surface area contributed by atoms with Crippen LogP contribution in [0.25, 0.3) is 0 Å². The number of benzene rings is 2. The molecule has 24 heavy (non-hydrogen) atoms. The van der Waals surface area contributed by atoms with E-state index in [0.717, 1.165) is 5.56 Å². The molecule has 0 bridgehead atoms. The molecule has 0 spiro atoms. The quantitative estimate of drug-likeness (QED) is 0.898. The van der Waals surface area contributed by atoms with E-state index in [1.54, 1.807) is 6.07 Å². The van der Waals surface area contributed by atoms with Gasteiger partial charge in [0, 0.05) is 12.5 Å². The number of fused-ring (bicyclic) bond motifs is 1. The fraction of sp³-hybridized carbons (Fsp3) is 0.235. The van der Waals surface area contributed by atoms with Crippen LogP contribution in [0.2, 0.25) is 0 Å². The molecule has 1 aliphatic rings. The molecule has 1 atom stereocenters. The number of sulfonamides is 1. The first-order chi connectivity index (χ1) is 11.4. The Hall–Kier alpha value is -2.54. The third-order valence-electron chi connectivity index (χ3n) is 3.95. The van der Waals surface area contributed by atoms with E-state index in [2.05, 4.69) is 0 Å². The molecular formula is C17H17NO5S. The van der Waals surface area contributed by atoms with E-state index < -0.39 is 22.6 Å². The molecule has 0 aliphatic carbocycles. The lowest BCUT2D eigenvalue weighted by Crippen LogP contribution is -2.29. The number of anilines is 1. The molecule has 0 amide bonds. The monoisotopic (exact) mass is 347 g/mol. The second-order valence-corrected chi connectivity index (χ2v) is 7.51. The van der Waals surface area contributed by atoms with Gasteiger partial charge in [-0.3, -0.25) is 4.31 Å². The van der Waals surface area contributed by atoms with Crippen molar-refractivity contribution in [3.05, 3.63) is 54.1 Å². The van der Waals surface area contributed by atoms with Crippen LogP contribution in [0.1, 0.15) is 18.4 Å². The van der Waals surface area contributed by atoms with Crippen molar-refractivity contribution >= 4 is 21.7 Å². The van der Waals surface area contributed by atoms with Crippen LogP contribution in [0.5, 0.6) is 5.75 Å². The van der Waals surface area contributed by atoms with Crippen molar-refractivity contribution in [2.45, 2.75) is 17.7 Å². The number of aliphatic carboxylic acids is 1. The fourth-order valence-electron chi connectivity index (χ4n) is 2.78. The van der Waals surface area contributed by atoms with Gasteiger partial charge in [0.2, 0.25) is 0 Å². The first-order valence-electron chi connectivity index (χ1n) is 7.46. The molecule has 0 saturated heterocycles. The summed E-state index contributed by atoms with van der Waals surface area (Å²) in [5.41, 5.74) is 1.72. The number of carboxylic acid groups (broad SMARTS) is 1. The average molecular weight is 347 g/mol. The SMILES string of the molecule is C[C@H]1CN(S(=O)(=O)c2ccc(OCC(=O)O)cc2)c2ccccc21. The summed E-state index contributed by atoms with van der Waals surface area (Å²) in [6, 6.07) is 13.3. The number of hydrogen-bond acceptors (Lipinski definition) is 4. The molecule has 0 unspecified atom stereocenters. The van der Waals surface area contributed by atoms with Gasteiger partial charge in [-0.25, -0.2) is 13.2 Å². The summed E-state index contributed by atoms with van der Waals surface area (Å²) in [6.45, 7) is 1.93. The molecule has 2 aromatic rings. The number of rotatable bonds is 5. The fourth-order valence-corrected chi connectivity index (χ4v) is 4.36. The maximum absolute atomic E-state index is 12.9. The molecule has 0 fully saturated rings. The average Bonchev–Trinajstić information content (AvgIpc) is 2.91. The molecule has 1 N–H and O–H groups in total. The minimum absolute atomic E-state index is 0.133. The van der Waals surface area contributed by atoms with Crippen molar-refractivity contribution in [2.75, 3.05) is 17.5 Å². The van der Waals surface area contributed by atoms with Gasteiger partial charge in [-0.05, 0) is 35.9 Å². The molecule has 1 heterocycles. The van der Waals surface area contributed by atoms with Crippen LogP contribution in [-0.4, -0.2) is 32.6 Å². The van der Waals surface area contributed by atoms with Crippen LogP contribution in [0.3, 0.4) is 0 Å². The van der Waals surface area contributed by atoms with E-state index in [9.17, 15) is 13.2 Å². The van der Waals surface area contributed by atoms with Gasteiger partial charge in [0.05, 0.1) is 10.6 Å². The molecule has 2 aromatic carbocycles. The number of ether oxygens (including phenoxy) is 1. The van der Waals surface area contributed by atoms with E-state index in [0.29, 0.717) is 18.0 Å². The molecule has 3 rings (SSSR count). The zero-order valence-electron chi connectivity index (χ0n) is 13.0. The highest BCUT2D eigenvalue weighted by molar-refractivity contribution is 7.92. The van der Waals surface area contributed by atoms with Gasteiger partial charge < -0.3 is 9.84 Å². The first kappa shape index (κ1) is 16.3. The van der Waals surface area contributed by atoms with Gasteiger partial charge >= 0.3 is 5.97 Å². The number of hydrogen-bond donors (Lipinski definition) is 1. The summed E-state index contributed by atoms with van der Waals surface area (Å²) >= 11 is 0. The lowest BCUT2D eigenvalue weighted by molar-refractivity contribution is -0.139. The molecule has 0 aromatic heterocycles. The summed E-state index contributed by atoms with van der Waals surface area (Å²) in [5.74, 6) is -0.643. The van der Waals surface area contributed by atoms with Gasteiger partial charge in [0.15, 0.2) is 6.61 Å². The highest BCUT2D eigenvalue weighted by atomic mass is 32.2. The van der Waals surface area contributed by atoms with Gasteiger partial charge in [-0.15, -0.1) is 0 Å². The highest BCUT2D eigenvalue weighted by Gasteiger charge is 2.34. The predicted molar refractivity (Wildman–Crippen MR) is 89.0 cm³/mol. The summed E-state index contributed by atoms with van der Waals surface area (Å²) in [5, 5.41) is 8.59. The smallest absolute Gasteiger partial charge is 0.341 e. The second-order valence-electron chi connectivity index (χ2n) is 5.65. The summed E-state index contributed by atoms with van der Waals surface area (Å²) < 4.78 is 32.3. The Morgan fingerprint density at radius 1 is 1.21 bits per heavy atom. The largest absolute Gasteiger partial charge is 0.482 e. The summed E-state index contributed by atoms with van der Waals surface area (Å²) in [7, 11) is -3.67. The Morgan fingerprint density at radius 3 is 2.54 bits per heavy atom. The minimum atomic E-state index is -3.67. The van der Waals surface area contributed by atoms with Crippen molar-refractivity contribution in [1.82, 2.24) is 0 Å². The van der Waals surface area contributed by atoms with Crippen LogP contribution in [0, 0.1) is 0 Å². The third-order valence-corrected chi connectivity index (χ3v) is 5.74. The van der Waals surface area contributed by atoms with E-state index in [1.165, 1.54) is 28.6 Å². The number of nitrogens with zero attached hydrogens (tertiary/aromatic N) is 1. The number of para-hydroxylation sites is 1. The minimum Gasteiger partial charge on any atom is -0.482 e. The maximum atomic E-state index is 12.9. The second kappa shape index (κ2) is 6.16. The predicted octanol–water partition coefficient (Wildman–Crippen LogP) is 2.46. The normalized spacial score (nSPS) is 16.7. The summed E-state index contributed by atoms with van der Waals surface area (Å²) in [6.07, 6.45) is 0. The molecule has 6 nitrogen and oxygen atoms in total. The molecule has 1 aliphatic heterocycles.